The van der Waals surface area contributed by atoms with E-state index in [0.29, 0.717) is 34.3 Å². The fourth-order valence-electron chi connectivity index (χ4n) is 3.43. The third-order valence-electron chi connectivity index (χ3n) is 5.13. The summed E-state index contributed by atoms with van der Waals surface area (Å²) in [4.78, 5) is 21.2. The summed E-state index contributed by atoms with van der Waals surface area (Å²) in [6, 6.07) is 13.1. The van der Waals surface area contributed by atoms with Crippen molar-refractivity contribution in [2.24, 2.45) is 5.92 Å². The molecule has 1 fully saturated rings. The first-order valence-corrected chi connectivity index (χ1v) is 10.1. The Kier molecular flexibility index (Phi) is 4.59. The van der Waals surface area contributed by atoms with Gasteiger partial charge in [0.15, 0.2) is 5.82 Å². The van der Waals surface area contributed by atoms with Gasteiger partial charge in [-0.1, -0.05) is 41.9 Å². The van der Waals surface area contributed by atoms with Crippen LogP contribution in [0.15, 0.2) is 48.7 Å². The quantitative estimate of drug-likeness (QED) is 0.431. The molecular formula is C22H18ClN5O2. The molecule has 0 aliphatic heterocycles. The van der Waals surface area contributed by atoms with Gasteiger partial charge >= 0.3 is 0 Å². The summed E-state index contributed by atoms with van der Waals surface area (Å²) in [6.07, 6.45) is 4.23. The second kappa shape index (κ2) is 7.42. The van der Waals surface area contributed by atoms with Crippen molar-refractivity contribution in [1.82, 2.24) is 20.2 Å². The lowest BCUT2D eigenvalue weighted by Gasteiger charge is -2.13. The summed E-state index contributed by atoms with van der Waals surface area (Å²) in [7, 11) is 0. The minimum absolute atomic E-state index is 0.0544. The molecule has 0 spiro atoms. The highest BCUT2D eigenvalue weighted by molar-refractivity contribution is 6.35. The number of H-pyrrole nitrogens is 1. The average molecular weight is 420 g/mol. The highest BCUT2D eigenvalue weighted by Crippen LogP contribution is 2.37. The van der Waals surface area contributed by atoms with Crippen molar-refractivity contribution in [3.8, 4) is 28.4 Å². The van der Waals surface area contributed by atoms with Crippen LogP contribution in [0.5, 0.6) is 5.88 Å². The van der Waals surface area contributed by atoms with Crippen molar-refractivity contribution < 1.29 is 9.90 Å². The predicted molar refractivity (Wildman–Crippen MR) is 115 cm³/mol. The number of aromatic amines is 1. The molecule has 0 saturated heterocycles. The molecule has 0 unspecified atom stereocenters. The van der Waals surface area contributed by atoms with Crippen LogP contribution in [0.3, 0.4) is 0 Å². The highest BCUT2D eigenvalue weighted by Gasteiger charge is 2.26. The van der Waals surface area contributed by atoms with E-state index in [4.69, 9.17) is 11.6 Å². The average Bonchev–Trinajstić information content (AvgIpc) is 3.42. The van der Waals surface area contributed by atoms with E-state index >= 15 is 0 Å². The van der Waals surface area contributed by atoms with Crippen LogP contribution >= 0.6 is 11.6 Å². The van der Waals surface area contributed by atoms with E-state index in [2.05, 4.69) is 25.5 Å². The van der Waals surface area contributed by atoms with Crippen molar-refractivity contribution in [2.45, 2.75) is 19.3 Å². The first-order valence-electron chi connectivity index (χ1n) is 9.68. The lowest BCUT2D eigenvalue weighted by molar-refractivity contribution is -0.116. The SMILES string of the molecule is O=C(CC1CC1)Nc1nc(-c2ccccc2)c(-c2cc(Cl)c3[nH]ncc3c2)nc1O. The minimum atomic E-state index is -0.336. The fraction of sp³-hybridized carbons (Fsp3) is 0.182. The molecule has 4 aromatic rings. The molecule has 8 heteroatoms. The third kappa shape index (κ3) is 3.59. The molecule has 2 heterocycles. The fourth-order valence-corrected chi connectivity index (χ4v) is 3.70. The maximum atomic E-state index is 12.3. The number of fused-ring (bicyclic) bond motifs is 1. The summed E-state index contributed by atoms with van der Waals surface area (Å²) < 4.78 is 0. The van der Waals surface area contributed by atoms with Gasteiger partial charge in [-0.05, 0) is 30.9 Å². The zero-order valence-electron chi connectivity index (χ0n) is 15.9. The predicted octanol–water partition coefficient (Wildman–Crippen LogP) is 4.78. The van der Waals surface area contributed by atoms with E-state index in [1.165, 1.54) is 0 Å². The standard InChI is InChI=1S/C22H18ClN5O2/c23-16-10-14(9-15-11-24-28-18(15)16)20-19(13-4-2-1-3-5-13)26-21(22(30)27-20)25-17(29)8-12-6-7-12/h1-5,9-12H,6-8H2,(H,24,28)(H,27,30)(H,25,26,29). The molecule has 150 valence electrons. The molecule has 7 nitrogen and oxygen atoms in total. The van der Waals surface area contributed by atoms with Crippen LogP contribution in [0.25, 0.3) is 33.4 Å². The number of amides is 1. The van der Waals surface area contributed by atoms with Gasteiger partial charge in [0.25, 0.3) is 5.88 Å². The summed E-state index contributed by atoms with van der Waals surface area (Å²) in [6.45, 7) is 0. The Hall–Kier alpha value is -3.45. The summed E-state index contributed by atoms with van der Waals surface area (Å²) in [5.74, 6) is -0.0236. The number of hydrogen-bond donors (Lipinski definition) is 3. The van der Waals surface area contributed by atoms with Gasteiger partial charge in [0.2, 0.25) is 5.91 Å². The number of hydrogen-bond acceptors (Lipinski definition) is 5. The molecule has 0 radical (unpaired) electrons. The third-order valence-corrected chi connectivity index (χ3v) is 5.43. The number of anilines is 1. The molecule has 1 amide bonds. The van der Waals surface area contributed by atoms with Gasteiger partial charge in [0, 0.05) is 22.9 Å². The van der Waals surface area contributed by atoms with Gasteiger partial charge < -0.3 is 10.4 Å². The molecule has 0 atom stereocenters. The highest BCUT2D eigenvalue weighted by atomic mass is 35.5. The van der Waals surface area contributed by atoms with Crippen LogP contribution < -0.4 is 5.32 Å². The van der Waals surface area contributed by atoms with E-state index in [1.54, 1.807) is 12.3 Å². The van der Waals surface area contributed by atoms with Crippen LogP contribution in [-0.2, 0) is 4.79 Å². The van der Waals surface area contributed by atoms with Gasteiger partial charge in [-0.2, -0.15) is 5.10 Å². The van der Waals surface area contributed by atoms with Crippen molar-refractivity contribution in [3.05, 3.63) is 53.7 Å². The lowest BCUT2D eigenvalue weighted by Crippen LogP contribution is -2.14. The molecule has 0 bridgehead atoms. The number of aromatic nitrogens is 4. The Balaban J connectivity index is 1.63. The number of carbonyl (C=O) groups is 1. The lowest BCUT2D eigenvalue weighted by atomic mass is 10.0. The Morgan fingerprint density at radius 3 is 2.67 bits per heavy atom. The Morgan fingerprint density at radius 2 is 1.90 bits per heavy atom. The van der Waals surface area contributed by atoms with E-state index in [9.17, 15) is 9.90 Å². The number of benzene rings is 2. The molecule has 1 saturated carbocycles. The van der Waals surface area contributed by atoms with Crippen LogP contribution in [0.1, 0.15) is 19.3 Å². The first-order chi connectivity index (χ1) is 14.6. The zero-order chi connectivity index (χ0) is 20.7. The van der Waals surface area contributed by atoms with Gasteiger partial charge in [-0.25, -0.2) is 9.97 Å². The second-order valence-corrected chi connectivity index (χ2v) is 7.85. The normalized spacial score (nSPS) is 13.5. The number of carbonyl (C=O) groups excluding carboxylic acids is 1. The van der Waals surface area contributed by atoms with Crippen molar-refractivity contribution in [1.29, 1.82) is 0 Å². The van der Waals surface area contributed by atoms with Crippen molar-refractivity contribution >= 4 is 34.2 Å². The molecular weight excluding hydrogens is 402 g/mol. The van der Waals surface area contributed by atoms with E-state index < -0.39 is 0 Å². The van der Waals surface area contributed by atoms with Gasteiger partial charge in [-0.3, -0.25) is 9.89 Å². The Morgan fingerprint density at radius 1 is 1.13 bits per heavy atom. The minimum Gasteiger partial charge on any atom is -0.491 e. The number of halogens is 1. The molecule has 30 heavy (non-hydrogen) atoms. The van der Waals surface area contributed by atoms with Crippen LogP contribution in [-0.4, -0.2) is 31.2 Å². The van der Waals surface area contributed by atoms with Crippen LogP contribution in [0, 0.1) is 5.92 Å². The van der Waals surface area contributed by atoms with E-state index in [-0.39, 0.29) is 17.6 Å². The summed E-state index contributed by atoms with van der Waals surface area (Å²) >= 11 is 6.41. The van der Waals surface area contributed by atoms with E-state index in [1.807, 2.05) is 36.4 Å². The maximum absolute atomic E-state index is 12.3. The van der Waals surface area contributed by atoms with Gasteiger partial charge in [0.1, 0.15) is 5.69 Å². The molecule has 3 N–H and O–H groups in total. The van der Waals surface area contributed by atoms with Crippen molar-refractivity contribution in [2.75, 3.05) is 5.32 Å². The number of aromatic hydroxyl groups is 1. The number of nitrogens with one attached hydrogen (secondary N) is 2. The smallest absolute Gasteiger partial charge is 0.256 e. The monoisotopic (exact) mass is 419 g/mol. The number of nitrogens with zero attached hydrogens (tertiary/aromatic N) is 3. The zero-order valence-corrected chi connectivity index (χ0v) is 16.6. The summed E-state index contributed by atoms with van der Waals surface area (Å²) in [5, 5.41) is 21.4. The second-order valence-electron chi connectivity index (χ2n) is 7.45. The topological polar surface area (TPSA) is 104 Å². The Labute approximate surface area is 177 Å². The van der Waals surface area contributed by atoms with Gasteiger partial charge in [0.05, 0.1) is 22.4 Å². The van der Waals surface area contributed by atoms with Crippen molar-refractivity contribution in [3.63, 3.8) is 0 Å². The number of rotatable bonds is 5. The first kappa shape index (κ1) is 18.6. The van der Waals surface area contributed by atoms with Crippen LogP contribution in [0.2, 0.25) is 5.02 Å². The molecule has 1 aliphatic rings. The van der Waals surface area contributed by atoms with E-state index in [0.717, 1.165) is 29.3 Å². The molecule has 2 aromatic carbocycles. The van der Waals surface area contributed by atoms with Gasteiger partial charge in [-0.15, -0.1) is 0 Å². The Bertz CT molecular complexity index is 1250. The largest absolute Gasteiger partial charge is 0.491 e. The molecule has 2 aromatic heterocycles. The molecule has 5 rings (SSSR count). The summed E-state index contributed by atoms with van der Waals surface area (Å²) in [5.41, 5.74) is 3.22. The maximum Gasteiger partial charge on any atom is 0.256 e. The van der Waals surface area contributed by atoms with Crippen LogP contribution in [0.4, 0.5) is 5.82 Å². The molecule has 1 aliphatic carbocycles.